The summed E-state index contributed by atoms with van der Waals surface area (Å²) in [4.78, 5) is 4.86. The second kappa shape index (κ2) is 9.14. The molecule has 0 saturated heterocycles. The van der Waals surface area contributed by atoms with Crippen molar-refractivity contribution >= 4 is 101 Å². The van der Waals surface area contributed by atoms with E-state index in [9.17, 15) is 2.47 Å². The van der Waals surface area contributed by atoms with Crippen LogP contribution in [-0.2, 0) is 5.41 Å². The van der Waals surface area contributed by atoms with E-state index in [1.54, 1.807) is 0 Å². The summed E-state index contributed by atoms with van der Waals surface area (Å²) in [7, 11) is -3.41. The molecule has 6 aromatic rings. The average molecular weight is 660 g/mol. The van der Waals surface area contributed by atoms with Crippen LogP contribution < -0.4 is 45.5 Å². The topological polar surface area (TPSA) is 6.48 Å². The van der Waals surface area contributed by atoms with Crippen molar-refractivity contribution in [2.75, 3.05) is 9.80 Å². The van der Waals surface area contributed by atoms with Gasteiger partial charge >= 0.3 is 277 Å². The Labute approximate surface area is 276 Å². The quantitative estimate of drug-likeness (QED) is 0.248. The number of hydrogen-bond donors (Lipinski definition) is 0. The number of rotatable bonds is 1. The van der Waals surface area contributed by atoms with Gasteiger partial charge < -0.3 is 0 Å². The monoisotopic (exact) mass is 660 g/mol. The van der Waals surface area contributed by atoms with E-state index in [1.807, 2.05) is 12.1 Å². The normalized spacial score (nSPS) is 17.5. The van der Waals surface area contributed by atoms with Crippen LogP contribution in [0.2, 0.25) is 0 Å². The SMILES string of the molecule is [2H][Si]1([2H])c2ccccc2N2c3cc(C)cc4c3B(c3ccc(N5c6ccccc6C(C)(C)c6ccccc65)cc3[Se]4)c3cccc1c32. The number of para-hydroxylation sites is 4. The van der Waals surface area contributed by atoms with Gasteiger partial charge in [-0.2, -0.15) is 0 Å². The molecule has 0 aromatic heterocycles. The summed E-state index contributed by atoms with van der Waals surface area (Å²) >= 11 is 0.111. The molecule has 0 fully saturated rings. The van der Waals surface area contributed by atoms with Crippen molar-refractivity contribution in [1.29, 1.82) is 2.47 Å². The second-order valence-electron chi connectivity index (χ2n) is 13.2. The first kappa shape index (κ1) is 24.0. The van der Waals surface area contributed by atoms with Crippen LogP contribution in [0.4, 0.5) is 34.1 Å². The fourth-order valence-electron chi connectivity index (χ4n) is 8.27. The van der Waals surface area contributed by atoms with Crippen molar-refractivity contribution in [1.82, 2.24) is 0 Å². The second-order valence-corrected chi connectivity index (χ2v) is 16.8. The number of fused-ring (bicyclic) bond motifs is 8. The maximum absolute atomic E-state index is 9.49. The Balaban J connectivity index is 1.21. The number of aryl methyl sites for hydroxylation is 1. The van der Waals surface area contributed by atoms with Crippen LogP contribution in [0, 0.1) is 6.92 Å². The molecule has 0 spiro atoms. The molecule has 214 valence electrons. The number of benzene rings is 6. The van der Waals surface area contributed by atoms with Gasteiger partial charge in [-0.15, -0.1) is 0 Å². The van der Waals surface area contributed by atoms with Gasteiger partial charge in [-0.25, -0.2) is 0 Å². The first-order valence-corrected chi connectivity index (χ1v) is 18.4. The van der Waals surface area contributed by atoms with Gasteiger partial charge in [0.25, 0.3) is 0 Å². The van der Waals surface area contributed by atoms with E-state index >= 15 is 0 Å². The van der Waals surface area contributed by atoms with Crippen LogP contribution in [0.15, 0.2) is 121 Å². The van der Waals surface area contributed by atoms with Crippen molar-refractivity contribution < 1.29 is 0 Å². The molecule has 10 rings (SSSR count). The summed E-state index contributed by atoms with van der Waals surface area (Å²) in [5.41, 5.74) is 14.8. The zero-order chi connectivity index (χ0) is 31.8. The van der Waals surface area contributed by atoms with Gasteiger partial charge in [0, 0.05) is 0 Å². The Morgan fingerprint density at radius 2 is 1.33 bits per heavy atom. The van der Waals surface area contributed by atoms with E-state index in [4.69, 9.17) is 0 Å². The van der Waals surface area contributed by atoms with Gasteiger partial charge in [-0.3, -0.25) is 0 Å². The molecular weight excluding hydrogens is 626 g/mol. The molecule has 2 nitrogen and oxygen atoms in total. The summed E-state index contributed by atoms with van der Waals surface area (Å²) in [6.07, 6.45) is 0. The molecule has 4 aliphatic heterocycles. The fraction of sp³-hybridized carbons (Fsp3) is 0.100. The minimum atomic E-state index is -3.41. The van der Waals surface area contributed by atoms with Crippen molar-refractivity contribution in [2.45, 2.75) is 26.2 Å². The Kier molecular flexibility index (Phi) is 4.88. The Bertz CT molecular complexity index is 2310. The van der Waals surface area contributed by atoms with Crippen LogP contribution in [0.1, 0.15) is 30.5 Å². The van der Waals surface area contributed by atoms with E-state index in [-0.39, 0.29) is 27.1 Å². The van der Waals surface area contributed by atoms with Crippen molar-refractivity contribution in [2.24, 2.45) is 0 Å². The standard InChI is InChI=1S/C40H31BN2SeSi/c1-24-21-33-38-35(22-24)44-34-23-25(42-30-14-6-4-11-26(30)40(2,3)27-12-5-7-15-31(27)42)19-20-28(34)41(38)29-13-10-18-37-39(29)43(33)32-16-8-9-17-36(32)45-37/h4-23H,45H2,1-3H3/i45D2. The first-order chi connectivity index (χ1) is 22.7. The molecule has 0 saturated carbocycles. The van der Waals surface area contributed by atoms with Gasteiger partial charge in [-0.05, 0) is 0 Å². The molecule has 4 aliphatic rings. The van der Waals surface area contributed by atoms with Crippen LogP contribution in [0.25, 0.3) is 0 Å². The van der Waals surface area contributed by atoms with Crippen LogP contribution in [0.5, 0.6) is 0 Å². The predicted molar refractivity (Wildman–Crippen MR) is 197 cm³/mol. The van der Waals surface area contributed by atoms with Crippen LogP contribution >= 0.6 is 0 Å². The van der Waals surface area contributed by atoms with Crippen LogP contribution in [-0.4, -0.2) is 33.5 Å². The third-order valence-electron chi connectivity index (χ3n) is 10.2. The van der Waals surface area contributed by atoms with Crippen LogP contribution in [0.3, 0.4) is 0 Å². The van der Waals surface area contributed by atoms with Gasteiger partial charge in [0.1, 0.15) is 0 Å². The van der Waals surface area contributed by atoms with E-state index in [2.05, 4.69) is 140 Å². The molecule has 0 unspecified atom stereocenters. The first-order valence-electron chi connectivity index (χ1n) is 16.7. The molecule has 0 bridgehead atoms. The molecule has 4 heterocycles. The van der Waals surface area contributed by atoms with Crippen molar-refractivity contribution in [3.63, 3.8) is 0 Å². The Morgan fingerprint density at radius 1 is 0.644 bits per heavy atom. The summed E-state index contributed by atoms with van der Waals surface area (Å²) in [6.45, 7) is 6.96. The summed E-state index contributed by atoms with van der Waals surface area (Å²) in [6, 6.07) is 44.3. The molecule has 0 atom stereocenters. The third kappa shape index (κ3) is 3.46. The molecule has 0 amide bonds. The molecule has 6 aromatic carbocycles. The number of hydrogen-bond acceptors (Lipinski definition) is 2. The minimum absolute atomic E-state index is 0.0707. The third-order valence-corrected chi connectivity index (χ3v) is 14.0. The molecule has 45 heavy (non-hydrogen) atoms. The van der Waals surface area contributed by atoms with E-state index in [0.717, 1.165) is 21.7 Å². The van der Waals surface area contributed by atoms with E-state index in [1.165, 1.54) is 64.8 Å². The molecule has 0 N–H and O–H groups in total. The zero-order valence-corrected chi connectivity index (χ0v) is 28.1. The Hall–Kier alpha value is -4.28. The zero-order valence-electron chi connectivity index (χ0n) is 27.4. The van der Waals surface area contributed by atoms with Gasteiger partial charge in [0.15, 0.2) is 0 Å². The summed E-state index contributed by atoms with van der Waals surface area (Å²) in [5.74, 6) is 0. The molecule has 0 aliphatic carbocycles. The molecule has 5 heteroatoms. The van der Waals surface area contributed by atoms with Gasteiger partial charge in [0.2, 0.25) is 0 Å². The van der Waals surface area contributed by atoms with E-state index in [0.29, 0.717) is 0 Å². The predicted octanol–water partition coefficient (Wildman–Crippen LogP) is 3.80. The summed E-state index contributed by atoms with van der Waals surface area (Å²) < 4.78 is 21.8. The van der Waals surface area contributed by atoms with Gasteiger partial charge in [-0.1, -0.05) is 0 Å². The average Bonchev–Trinajstić information content (AvgIpc) is 3.07. The maximum atomic E-state index is 9.49. The molecule has 0 radical (unpaired) electrons. The van der Waals surface area contributed by atoms with Crippen molar-refractivity contribution in [3.8, 4) is 0 Å². The van der Waals surface area contributed by atoms with Crippen molar-refractivity contribution in [3.05, 3.63) is 138 Å². The Morgan fingerprint density at radius 3 is 2.11 bits per heavy atom. The number of nitrogens with zero attached hydrogens (tertiary/aromatic N) is 2. The summed E-state index contributed by atoms with van der Waals surface area (Å²) in [5, 5.41) is 1.76. The molecular formula is C40H31BN2SeSi. The van der Waals surface area contributed by atoms with E-state index < -0.39 is 9.38 Å². The number of anilines is 6. The fourth-order valence-corrected chi connectivity index (χ4v) is 12.3. The van der Waals surface area contributed by atoms with Gasteiger partial charge in [0.05, 0.1) is 0 Å².